The Balaban J connectivity index is 2.98. The van der Waals surface area contributed by atoms with Crippen molar-refractivity contribution < 1.29 is 38.5 Å². The Bertz CT molecular complexity index is 894. The number of hydrogen-bond acceptors (Lipinski definition) is 8. The highest BCUT2D eigenvalue weighted by Gasteiger charge is 2.22. The number of benzene rings is 1. The second-order valence-corrected chi connectivity index (χ2v) is 10.3. The summed E-state index contributed by atoms with van der Waals surface area (Å²) in [6.07, 6.45) is 0.228. The highest BCUT2D eigenvalue weighted by molar-refractivity contribution is 5.77. The molecule has 1 rings (SSSR count). The largest absolute Gasteiger partial charge is 0.480 e. The standard InChI is InChI=1S/C27H41NO8/c1-16(2)10-24(29)34-19(7)15-28-21(27(32)33)13-20-8-9-22(35-25(30)11-17(3)4)23(14-20)36-26(31)12-18(5)6/h8-9,14,16-19,21,28H,10-13,15H2,1-7H3,(H,32,33)/t19?,21-/m0/s1. The van der Waals surface area contributed by atoms with E-state index in [9.17, 15) is 24.3 Å². The van der Waals surface area contributed by atoms with Gasteiger partial charge < -0.3 is 24.6 Å². The summed E-state index contributed by atoms with van der Waals surface area (Å²) in [7, 11) is 0. The number of rotatable bonds is 15. The monoisotopic (exact) mass is 507 g/mol. The number of carbonyl (C=O) groups excluding carboxylic acids is 3. The summed E-state index contributed by atoms with van der Waals surface area (Å²) < 4.78 is 16.2. The van der Waals surface area contributed by atoms with Crippen molar-refractivity contribution in [2.75, 3.05) is 6.54 Å². The summed E-state index contributed by atoms with van der Waals surface area (Å²) in [5.74, 6) is -1.84. The van der Waals surface area contributed by atoms with Crippen LogP contribution in [0.5, 0.6) is 11.5 Å². The number of hydrogen-bond donors (Lipinski definition) is 2. The van der Waals surface area contributed by atoms with Crippen LogP contribution in [-0.2, 0) is 30.3 Å². The molecule has 1 aromatic carbocycles. The molecular formula is C27H41NO8. The molecule has 9 nitrogen and oxygen atoms in total. The van der Waals surface area contributed by atoms with Gasteiger partial charge in [-0.15, -0.1) is 0 Å². The Morgan fingerprint density at radius 2 is 1.28 bits per heavy atom. The lowest BCUT2D eigenvalue weighted by Gasteiger charge is -2.20. The Morgan fingerprint density at radius 3 is 1.78 bits per heavy atom. The van der Waals surface area contributed by atoms with Crippen LogP contribution in [-0.4, -0.2) is 47.7 Å². The van der Waals surface area contributed by atoms with Crippen molar-refractivity contribution in [2.45, 2.75) is 86.3 Å². The topological polar surface area (TPSA) is 128 Å². The molecule has 0 spiro atoms. The molecule has 1 unspecified atom stereocenters. The van der Waals surface area contributed by atoms with Gasteiger partial charge in [0.2, 0.25) is 0 Å². The third-order valence-electron chi connectivity index (χ3n) is 4.90. The van der Waals surface area contributed by atoms with E-state index in [1.54, 1.807) is 13.0 Å². The molecular weight excluding hydrogens is 466 g/mol. The molecule has 0 heterocycles. The molecule has 36 heavy (non-hydrogen) atoms. The highest BCUT2D eigenvalue weighted by atomic mass is 16.6. The molecule has 2 N–H and O–H groups in total. The van der Waals surface area contributed by atoms with Crippen molar-refractivity contribution in [2.24, 2.45) is 17.8 Å². The quantitative estimate of drug-likeness (QED) is 0.266. The predicted molar refractivity (Wildman–Crippen MR) is 135 cm³/mol. The lowest BCUT2D eigenvalue weighted by molar-refractivity contribution is -0.149. The molecule has 0 saturated heterocycles. The maximum Gasteiger partial charge on any atom is 0.321 e. The predicted octanol–water partition coefficient (Wildman–Crippen LogP) is 4.15. The molecule has 0 radical (unpaired) electrons. The number of carboxylic acids is 1. The molecule has 0 saturated carbocycles. The second-order valence-electron chi connectivity index (χ2n) is 10.3. The van der Waals surface area contributed by atoms with Gasteiger partial charge in [0.15, 0.2) is 11.5 Å². The van der Waals surface area contributed by atoms with E-state index in [2.05, 4.69) is 5.32 Å². The van der Waals surface area contributed by atoms with Crippen LogP contribution in [0.4, 0.5) is 0 Å². The number of carbonyl (C=O) groups is 4. The number of aliphatic carboxylic acids is 1. The summed E-state index contributed by atoms with van der Waals surface area (Å²) >= 11 is 0. The maximum absolute atomic E-state index is 12.3. The summed E-state index contributed by atoms with van der Waals surface area (Å²) in [5, 5.41) is 12.6. The van der Waals surface area contributed by atoms with Gasteiger partial charge in [0.1, 0.15) is 12.1 Å². The zero-order valence-corrected chi connectivity index (χ0v) is 22.5. The summed E-state index contributed by atoms with van der Waals surface area (Å²) in [6.45, 7) is 13.2. The van der Waals surface area contributed by atoms with Gasteiger partial charge in [-0.05, 0) is 48.8 Å². The lowest BCUT2D eigenvalue weighted by Crippen LogP contribution is -2.42. The van der Waals surface area contributed by atoms with Gasteiger partial charge in [-0.2, -0.15) is 0 Å². The van der Waals surface area contributed by atoms with Crippen LogP contribution in [0.25, 0.3) is 0 Å². The van der Waals surface area contributed by atoms with E-state index < -0.39 is 30.1 Å². The van der Waals surface area contributed by atoms with Gasteiger partial charge >= 0.3 is 23.9 Å². The van der Waals surface area contributed by atoms with Gasteiger partial charge in [0.05, 0.1) is 0 Å². The van der Waals surface area contributed by atoms with Gasteiger partial charge in [-0.25, -0.2) is 0 Å². The van der Waals surface area contributed by atoms with Crippen molar-refractivity contribution in [3.05, 3.63) is 23.8 Å². The molecule has 1 aromatic rings. The first-order valence-electron chi connectivity index (χ1n) is 12.5. The van der Waals surface area contributed by atoms with Crippen LogP contribution >= 0.6 is 0 Å². The van der Waals surface area contributed by atoms with Crippen LogP contribution in [0.3, 0.4) is 0 Å². The maximum atomic E-state index is 12.3. The molecule has 0 aliphatic heterocycles. The molecule has 0 amide bonds. The minimum atomic E-state index is -1.08. The van der Waals surface area contributed by atoms with Crippen molar-refractivity contribution >= 4 is 23.9 Å². The fourth-order valence-corrected chi connectivity index (χ4v) is 3.28. The summed E-state index contributed by atoms with van der Waals surface area (Å²) in [6, 6.07) is 3.66. The van der Waals surface area contributed by atoms with Gasteiger partial charge in [-0.3, -0.25) is 19.2 Å². The van der Waals surface area contributed by atoms with Crippen LogP contribution in [0.2, 0.25) is 0 Å². The fraction of sp³-hybridized carbons (Fsp3) is 0.630. The molecule has 0 aromatic heterocycles. The van der Waals surface area contributed by atoms with E-state index in [4.69, 9.17) is 14.2 Å². The van der Waals surface area contributed by atoms with E-state index >= 15 is 0 Å². The minimum absolute atomic E-state index is 0.0652. The minimum Gasteiger partial charge on any atom is -0.480 e. The zero-order chi connectivity index (χ0) is 27.4. The van der Waals surface area contributed by atoms with Gasteiger partial charge in [0, 0.05) is 25.8 Å². The number of ether oxygens (including phenoxy) is 3. The molecule has 0 aliphatic carbocycles. The first-order chi connectivity index (χ1) is 16.8. The Labute approximate surface area is 213 Å². The molecule has 0 fully saturated rings. The number of esters is 3. The second kappa shape index (κ2) is 15.2. The molecule has 9 heteroatoms. The Kier molecular flexibility index (Phi) is 13.2. The first kappa shape index (κ1) is 31.1. The van der Waals surface area contributed by atoms with E-state index in [-0.39, 0.29) is 61.0 Å². The Hall–Kier alpha value is -2.94. The lowest BCUT2D eigenvalue weighted by atomic mass is 10.0. The van der Waals surface area contributed by atoms with Gasteiger partial charge in [-0.1, -0.05) is 47.6 Å². The number of carboxylic acid groups (broad SMARTS) is 1. The van der Waals surface area contributed by atoms with Crippen molar-refractivity contribution in [1.29, 1.82) is 0 Å². The van der Waals surface area contributed by atoms with Crippen LogP contribution in [0.1, 0.15) is 73.3 Å². The zero-order valence-electron chi connectivity index (χ0n) is 22.5. The molecule has 0 bridgehead atoms. The number of nitrogens with one attached hydrogen (secondary N) is 1. The van der Waals surface area contributed by atoms with Crippen molar-refractivity contribution in [3.8, 4) is 11.5 Å². The third kappa shape index (κ3) is 12.7. The normalized spacial score (nSPS) is 12.9. The average molecular weight is 508 g/mol. The van der Waals surface area contributed by atoms with Crippen molar-refractivity contribution in [1.82, 2.24) is 5.32 Å². The van der Waals surface area contributed by atoms with Crippen LogP contribution < -0.4 is 14.8 Å². The average Bonchev–Trinajstić information content (AvgIpc) is 2.70. The fourth-order valence-electron chi connectivity index (χ4n) is 3.28. The van der Waals surface area contributed by atoms with Gasteiger partial charge in [0.25, 0.3) is 0 Å². The molecule has 2 atom stereocenters. The Morgan fingerprint density at radius 1 is 0.778 bits per heavy atom. The van der Waals surface area contributed by atoms with E-state index in [1.165, 1.54) is 12.1 Å². The summed E-state index contributed by atoms with van der Waals surface area (Å²) in [5.41, 5.74) is 0.565. The first-order valence-corrected chi connectivity index (χ1v) is 12.5. The SMILES string of the molecule is CC(C)CC(=O)Oc1ccc(C[C@H](NCC(C)OC(=O)CC(C)C)C(=O)O)cc1OC(=O)CC(C)C. The summed E-state index contributed by atoms with van der Waals surface area (Å²) in [4.78, 5) is 48.2. The van der Waals surface area contributed by atoms with Crippen molar-refractivity contribution in [3.63, 3.8) is 0 Å². The third-order valence-corrected chi connectivity index (χ3v) is 4.90. The van der Waals surface area contributed by atoms with E-state index in [0.717, 1.165) is 0 Å². The smallest absolute Gasteiger partial charge is 0.321 e. The molecule has 202 valence electrons. The molecule has 0 aliphatic rings. The van der Waals surface area contributed by atoms with Crippen LogP contribution in [0.15, 0.2) is 18.2 Å². The van der Waals surface area contributed by atoms with E-state index in [0.29, 0.717) is 12.0 Å². The van der Waals surface area contributed by atoms with E-state index in [1.807, 2.05) is 41.5 Å². The van der Waals surface area contributed by atoms with Crippen LogP contribution in [0, 0.1) is 17.8 Å². The highest BCUT2D eigenvalue weighted by Crippen LogP contribution is 2.30.